The van der Waals surface area contributed by atoms with E-state index in [2.05, 4.69) is 5.10 Å². The average molecular weight is 404 g/mol. The Labute approximate surface area is 172 Å². The molecular weight excluding hydrogens is 386 g/mol. The lowest BCUT2D eigenvalue weighted by Gasteiger charge is -2.17. The van der Waals surface area contributed by atoms with Crippen molar-refractivity contribution in [3.05, 3.63) is 93.7 Å². The second-order valence-corrected chi connectivity index (χ2v) is 7.22. The van der Waals surface area contributed by atoms with Crippen LogP contribution in [0.1, 0.15) is 10.4 Å². The quantitative estimate of drug-likeness (QED) is 0.509. The summed E-state index contributed by atoms with van der Waals surface area (Å²) in [7, 11) is 3.30. The maximum absolute atomic E-state index is 13.3. The molecule has 1 amide bonds. The molecule has 5 nitrogen and oxygen atoms in total. The molecular formula is C23H18ClN3O2. The number of fused-ring (bicyclic) bond motifs is 1. The van der Waals surface area contributed by atoms with Crippen molar-refractivity contribution in [3.8, 4) is 16.9 Å². The molecule has 0 saturated carbocycles. The van der Waals surface area contributed by atoms with Crippen LogP contribution in [-0.2, 0) is 0 Å². The molecule has 0 aliphatic carbocycles. The second-order valence-electron chi connectivity index (χ2n) is 6.81. The Morgan fingerprint density at radius 3 is 2.24 bits per heavy atom. The maximum Gasteiger partial charge on any atom is 0.279 e. The number of nitrogens with zero attached hydrogens (tertiary/aromatic N) is 3. The predicted molar refractivity (Wildman–Crippen MR) is 116 cm³/mol. The Bertz CT molecular complexity index is 1280. The van der Waals surface area contributed by atoms with Crippen LogP contribution in [0.3, 0.4) is 0 Å². The van der Waals surface area contributed by atoms with Gasteiger partial charge in [0.1, 0.15) is 5.69 Å². The van der Waals surface area contributed by atoms with Gasteiger partial charge in [-0.05, 0) is 18.2 Å². The summed E-state index contributed by atoms with van der Waals surface area (Å²) >= 11 is 6.46. The normalized spacial score (nSPS) is 10.9. The molecule has 4 aromatic rings. The van der Waals surface area contributed by atoms with E-state index in [0.717, 1.165) is 10.9 Å². The summed E-state index contributed by atoms with van der Waals surface area (Å²) < 4.78 is 1.24. The van der Waals surface area contributed by atoms with Gasteiger partial charge in [0.15, 0.2) is 0 Å². The van der Waals surface area contributed by atoms with Crippen LogP contribution in [0.2, 0.25) is 5.02 Å². The van der Waals surface area contributed by atoms with Crippen molar-refractivity contribution in [2.45, 2.75) is 0 Å². The summed E-state index contributed by atoms with van der Waals surface area (Å²) in [6.07, 6.45) is 0. The van der Waals surface area contributed by atoms with Crippen LogP contribution in [0.15, 0.2) is 77.6 Å². The molecule has 4 rings (SSSR count). The van der Waals surface area contributed by atoms with E-state index in [1.54, 1.807) is 44.4 Å². The topological polar surface area (TPSA) is 55.2 Å². The molecule has 0 aliphatic rings. The molecule has 3 aromatic carbocycles. The third-order valence-corrected chi connectivity index (χ3v) is 4.99. The lowest BCUT2D eigenvalue weighted by atomic mass is 10.0. The zero-order valence-corrected chi connectivity index (χ0v) is 16.7. The van der Waals surface area contributed by atoms with Crippen LogP contribution in [0.25, 0.3) is 27.7 Å². The Morgan fingerprint density at radius 1 is 0.897 bits per heavy atom. The van der Waals surface area contributed by atoms with Crippen molar-refractivity contribution in [1.82, 2.24) is 14.7 Å². The highest BCUT2D eigenvalue weighted by Crippen LogP contribution is 2.28. The van der Waals surface area contributed by atoms with Gasteiger partial charge in [-0.15, -0.1) is 0 Å². The van der Waals surface area contributed by atoms with E-state index in [0.29, 0.717) is 16.6 Å². The van der Waals surface area contributed by atoms with Crippen LogP contribution >= 0.6 is 11.6 Å². The number of hydrogen-bond acceptors (Lipinski definition) is 3. The first kappa shape index (κ1) is 18.9. The second kappa shape index (κ2) is 7.53. The minimum Gasteiger partial charge on any atom is -0.345 e. The summed E-state index contributed by atoms with van der Waals surface area (Å²) in [5.74, 6) is -0.259. The van der Waals surface area contributed by atoms with Crippen LogP contribution in [0.5, 0.6) is 0 Å². The van der Waals surface area contributed by atoms with E-state index in [-0.39, 0.29) is 22.2 Å². The number of amides is 1. The van der Waals surface area contributed by atoms with Crippen LogP contribution in [-0.4, -0.2) is 34.7 Å². The molecule has 0 atom stereocenters. The van der Waals surface area contributed by atoms with Crippen LogP contribution < -0.4 is 5.56 Å². The summed E-state index contributed by atoms with van der Waals surface area (Å²) in [4.78, 5) is 27.5. The minimum absolute atomic E-state index is 0.259. The Morgan fingerprint density at radius 2 is 1.55 bits per heavy atom. The number of para-hydroxylation sites is 1. The van der Waals surface area contributed by atoms with Crippen LogP contribution in [0, 0.1) is 0 Å². The first-order valence-corrected chi connectivity index (χ1v) is 9.45. The van der Waals surface area contributed by atoms with Crippen molar-refractivity contribution < 1.29 is 4.79 Å². The molecule has 29 heavy (non-hydrogen) atoms. The molecule has 0 N–H and O–H groups in total. The predicted octanol–water partition coefficient (Wildman–Crippen LogP) is 4.41. The molecule has 6 heteroatoms. The molecule has 1 aromatic heterocycles. The molecule has 0 fully saturated rings. The van der Waals surface area contributed by atoms with Gasteiger partial charge in [-0.3, -0.25) is 9.59 Å². The van der Waals surface area contributed by atoms with Gasteiger partial charge < -0.3 is 4.90 Å². The zero-order chi connectivity index (χ0) is 20.5. The van der Waals surface area contributed by atoms with E-state index in [9.17, 15) is 9.59 Å². The largest absolute Gasteiger partial charge is 0.345 e. The monoisotopic (exact) mass is 403 g/mol. The number of carbonyl (C=O) groups is 1. The van der Waals surface area contributed by atoms with E-state index >= 15 is 0 Å². The molecule has 0 spiro atoms. The van der Waals surface area contributed by atoms with Gasteiger partial charge in [0.2, 0.25) is 0 Å². The average Bonchev–Trinajstić information content (AvgIpc) is 2.74. The van der Waals surface area contributed by atoms with Gasteiger partial charge in [0.25, 0.3) is 11.5 Å². The van der Waals surface area contributed by atoms with Crippen molar-refractivity contribution in [1.29, 1.82) is 0 Å². The van der Waals surface area contributed by atoms with Gasteiger partial charge in [-0.2, -0.15) is 9.78 Å². The summed E-state index contributed by atoms with van der Waals surface area (Å²) in [5, 5.41) is 6.18. The van der Waals surface area contributed by atoms with Crippen molar-refractivity contribution in [2.75, 3.05) is 14.1 Å². The Kier molecular flexibility index (Phi) is 4.91. The van der Waals surface area contributed by atoms with Crippen molar-refractivity contribution in [3.63, 3.8) is 0 Å². The highest BCUT2D eigenvalue weighted by Gasteiger charge is 2.21. The number of halogens is 1. The third-order valence-electron chi connectivity index (χ3n) is 4.69. The summed E-state index contributed by atoms with van der Waals surface area (Å²) in [6, 6.07) is 21.9. The Hall–Kier alpha value is -3.44. The van der Waals surface area contributed by atoms with Crippen LogP contribution in [0.4, 0.5) is 0 Å². The fraction of sp³-hybridized carbons (Fsp3) is 0.0870. The van der Waals surface area contributed by atoms with Gasteiger partial charge in [-0.25, -0.2) is 0 Å². The Balaban J connectivity index is 2.11. The van der Waals surface area contributed by atoms with Gasteiger partial charge >= 0.3 is 0 Å². The van der Waals surface area contributed by atoms with E-state index in [4.69, 9.17) is 11.6 Å². The lowest BCUT2D eigenvalue weighted by Crippen LogP contribution is -2.28. The smallest absolute Gasteiger partial charge is 0.279 e. The lowest BCUT2D eigenvalue weighted by molar-refractivity contribution is 0.0827. The van der Waals surface area contributed by atoms with E-state index in [1.807, 2.05) is 42.5 Å². The van der Waals surface area contributed by atoms with Gasteiger partial charge in [-0.1, -0.05) is 66.2 Å². The highest BCUT2D eigenvalue weighted by atomic mass is 35.5. The van der Waals surface area contributed by atoms with Gasteiger partial charge in [0, 0.05) is 25.0 Å². The number of rotatable bonds is 3. The first-order valence-electron chi connectivity index (χ1n) is 9.07. The third kappa shape index (κ3) is 3.30. The summed E-state index contributed by atoms with van der Waals surface area (Å²) in [5.41, 5.74) is 1.77. The molecule has 0 unspecified atom stereocenters. The van der Waals surface area contributed by atoms with Crippen molar-refractivity contribution in [2.24, 2.45) is 0 Å². The molecule has 1 heterocycles. The van der Waals surface area contributed by atoms with Crippen molar-refractivity contribution >= 4 is 28.3 Å². The highest BCUT2D eigenvalue weighted by molar-refractivity contribution is 6.33. The number of carbonyl (C=O) groups excluding carboxylic acids is 1. The fourth-order valence-electron chi connectivity index (χ4n) is 3.29. The summed E-state index contributed by atoms with van der Waals surface area (Å²) in [6.45, 7) is 0. The zero-order valence-electron chi connectivity index (χ0n) is 16.0. The SMILES string of the molecule is CN(C)C(=O)c1cccc(Cl)c1-n1nc(-c2ccccc2)c2ccccc2c1=O. The number of aromatic nitrogens is 2. The fourth-order valence-corrected chi connectivity index (χ4v) is 3.55. The standard InChI is InChI=1S/C23H18ClN3O2/c1-26(2)22(28)18-13-8-14-19(24)21(18)27-23(29)17-12-7-6-11-16(17)20(25-27)15-9-4-3-5-10-15/h3-14H,1-2H3. The molecule has 144 valence electrons. The number of hydrogen-bond donors (Lipinski definition) is 0. The maximum atomic E-state index is 13.3. The van der Waals surface area contributed by atoms with E-state index < -0.39 is 0 Å². The van der Waals surface area contributed by atoms with E-state index in [1.165, 1.54) is 9.58 Å². The first-order chi connectivity index (χ1) is 14.0. The molecule has 0 aliphatic heterocycles. The number of benzene rings is 3. The molecule has 0 bridgehead atoms. The molecule has 0 radical (unpaired) electrons. The van der Waals surface area contributed by atoms with Gasteiger partial charge in [0.05, 0.1) is 21.7 Å². The molecule has 0 saturated heterocycles. The minimum atomic E-state index is -0.332.